The average molecular weight is 223 g/mol. The average Bonchev–Trinajstić information content (AvgIpc) is 2.25. The second kappa shape index (κ2) is 4.68. The van der Waals surface area contributed by atoms with Crippen molar-refractivity contribution in [2.45, 2.75) is 71.3 Å². The molecule has 16 heavy (non-hydrogen) atoms. The molecule has 2 aliphatic carbocycles. The van der Waals surface area contributed by atoms with Gasteiger partial charge in [-0.2, -0.15) is 0 Å². The summed E-state index contributed by atoms with van der Waals surface area (Å²) in [4.78, 5) is 0. The van der Waals surface area contributed by atoms with Gasteiger partial charge in [-0.1, -0.05) is 33.6 Å². The van der Waals surface area contributed by atoms with Crippen LogP contribution in [0.1, 0.15) is 65.7 Å². The van der Waals surface area contributed by atoms with Crippen LogP contribution >= 0.6 is 0 Å². The first-order chi connectivity index (χ1) is 7.51. The predicted molar refractivity (Wildman–Crippen MR) is 70.2 cm³/mol. The second-order valence-electron chi connectivity index (χ2n) is 6.89. The Morgan fingerprint density at radius 2 is 1.50 bits per heavy atom. The Hall–Kier alpha value is -0.0400. The Balaban J connectivity index is 1.97. The lowest BCUT2D eigenvalue weighted by Crippen LogP contribution is -2.52. The fourth-order valence-electron chi connectivity index (χ4n) is 3.89. The van der Waals surface area contributed by atoms with Crippen LogP contribution in [-0.4, -0.2) is 5.54 Å². The van der Waals surface area contributed by atoms with E-state index in [-0.39, 0.29) is 5.54 Å². The summed E-state index contributed by atoms with van der Waals surface area (Å²) in [5.41, 5.74) is 6.92. The maximum Gasteiger partial charge on any atom is 0.0185 e. The van der Waals surface area contributed by atoms with Crippen molar-refractivity contribution in [3.8, 4) is 0 Å². The van der Waals surface area contributed by atoms with Crippen LogP contribution in [-0.2, 0) is 0 Å². The minimum atomic E-state index is 0.187. The van der Waals surface area contributed by atoms with E-state index < -0.39 is 0 Å². The molecule has 3 unspecified atom stereocenters. The third-order valence-electron chi connectivity index (χ3n) is 5.57. The molecule has 3 atom stereocenters. The first-order valence-corrected chi connectivity index (χ1v) is 7.30. The van der Waals surface area contributed by atoms with Gasteiger partial charge in [-0.3, -0.25) is 0 Å². The molecule has 1 nitrogen and oxygen atoms in total. The van der Waals surface area contributed by atoms with Crippen LogP contribution in [0.15, 0.2) is 0 Å². The van der Waals surface area contributed by atoms with E-state index in [0.717, 1.165) is 23.7 Å². The highest BCUT2D eigenvalue weighted by Gasteiger charge is 2.41. The second-order valence-corrected chi connectivity index (χ2v) is 6.89. The molecule has 0 aromatic carbocycles. The largest absolute Gasteiger partial charge is 0.325 e. The third-order valence-corrected chi connectivity index (χ3v) is 5.57. The summed E-state index contributed by atoms with van der Waals surface area (Å²) >= 11 is 0. The fourth-order valence-corrected chi connectivity index (χ4v) is 3.89. The molecule has 0 heterocycles. The molecule has 0 aromatic heterocycles. The van der Waals surface area contributed by atoms with Crippen LogP contribution in [0.3, 0.4) is 0 Å². The Morgan fingerprint density at radius 1 is 0.875 bits per heavy atom. The van der Waals surface area contributed by atoms with E-state index in [9.17, 15) is 0 Å². The molecule has 0 aromatic rings. The lowest BCUT2D eigenvalue weighted by molar-refractivity contribution is 0.0889. The first-order valence-electron chi connectivity index (χ1n) is 7.30. The fraction of sp³-hybridized carbons (Fsp3) is 1.00. The summed E-state index contributed by atoms with van der Waals surface area (Å²) < 4.78 is 0. The van der Waals surface area contributed by atoms with Crippen LogP contribution in [0.4, 0.5) is 0 Å². The normalized spacial score (nSPS) is 50.2. The Labute approximate surface area is 101 Å². The van der Waals surface area contributed by atoms with Crippen LogP contribution < -0.4 is 5.73 Å². The van der Waals surface area contributed by atoms with Gasteiger partial charge in [0.05, 0.1) is 0 Å². The molecule has 0 aliphatic heterocycles. The molecule has 0 amide bonds. The van der Waals surface area contributed by atoms with E-state index in [1.807, 2.05) is 0 Å². The third kappa shape index (κ3) is 2.45. The van der Waals surface area contributed by atoms with Gasteiger partial charge in [-0.25, -0.2) is 0 Å². The van der Waals surface area contributed by atoms with Gasteiger partial charge in [-0.15, -0.1) is 0 Å². The highest BCUT2D eigenvalue weighted by atomic mass is 14.8. The summed E-state index contributed by atoms with van der Waals surface area (Å²) in [7, 11) is 0. The van der Waals surface area contributed by atoms with Crippen molar-refractivity contribution in [1.29, 1.82) is 0 Å². The van der Waals surface area contributed by atoms with Gasteiger partial charge in [0.15, 0.2) is 0 Å². The molecular formula is C15H29N. The summed E-state index contributed by atoms with van der Waals surface area (Å²) in [5.74, 6) is 3.48. The van der Waals surface area contributed by atoms with E-state index in [1.54, 1.807) is 0 Å². The van der Waals surface area contributed by atoms with E-state index in [1.165, 1.54) is 44.9 Å². The minimum absolute atomic E-state index is 0.187. The predicted octanol–water partition coefficient (Wildman–Crippen LogP) is 3.97. The summed E-state index contributed by atoms with van der Waals surface area (Å²) in [6, 6.07) is 0. The standard InChI is InChI=1S/C15H29N/c1-11-4-6-14(7-5-11)15(16)9-8-12(2)13(3)10-15/h11-14H,4-10,16H2,1-3H3. The van der Waals surface area contributed by atoms with Crippen LogP contribution in [0.2, 0.25) is 0 Å². The van der Waals surface area contributed by atoms with Gasteiger partial charge in [0.2, 0.25) is 0 Å². The smallest absolute Gasteiger partial charge is 0.0185 e. The van der Waals surface area contributed by atoms with Crippen molar-refractivity contribution >= 4 is 0 Å². The van der Waals surface area contributed by atoms with Gasteiger partial charge < -0.3 is 5.73 Å². The zero-order valence-electron chi connectivity index (χ0n) is 11.3. The van der Waals surface area contributed by atoms with Crippen molar-refractivity contribution in [2.24, 2.45) is 29.4 Å². The molecule has 0 saturated heterocycles. The molecule has 0 bridgehead atoms. The topological polar surface area (TPSA) is 26.0 Å². The Kier molecular flexibility index (Phi) is 3.63. The molecule has 0 spiro atoms. The van der Waals surface area contributed by atoms with Gasteiger partial charge >= 0.3 is 0 Å². The zero-order chi connectivity index (χ0) is 11.8. The van der Waals surface area contributed by atoms with Gasteiger partial charge in [0.25, 0.3) is 0 Å². The van der Waals surface area contributed by atoms with Crippen LogP contribution in [0, 0.1) is 23.7 Å². The molecule has 2 saturated carbocycles. The number of rotatable bonds is 1. The Bertz CT molecular complexity index is 230. The zero-order valence-corrected chi connectivity index (χ0v) is 11.3. The minimum Gasteiger partial charge on any atom is -0.325 e. The van der Waals surface area contributed by atoms with E-state index in [4.69, 9.17) is 5.73 Å². The van der Waals surface area contributed by atoms with Crippen molar-refractivity contribution < 1.29 is 0 Å². The lowest BCUT2D eigenvalue weighted by atomic mass is 9.62. The highest BCUT2D eigenvalue weighted by molar-refractivity contribution is 4.98. The summed E-state index contributed by atoms with van der Waals surface area (Å²) in [6.07, 6.45) is 9.49. The molecule has 2 rings (SSSR count). The quantitative estimate of drug-likeness (QED) is 0.715. The number of nitrogens with two attached hydrogens (primary N) is 1. The van der Waals surface area contributed by atoms with Gasteiger partial charge in [0.1, 0.15) is 0 Å². The van der Waals surface area contributed by atoms with E-state index in [2.05, 4.69) is 20.8 Å². The number of hydrogen-bond donors (Lipinski definition) is 1. The monoisotopic (exact) mass is 223 g/mol. The van der Waals surface area contributed by atoms with Crippen molar-refractivity contribution in [2.75, 3.05) is 0 Å². The van der Waals surface area contributed by atoms with Crippen molar-refractivity contribution in [3.05, 3.63) is 0 Å². The molecule has 2 fully saturated rings. The molecule has 2 aliphatic rings. The van der Waals surface area contributed by atoms with Crippen LogP contribution in [0.5, 0.6) is 0 Å². The van der Waals surface area contributed by atoms with E-state index in [0.29, 0.717) is 0 Å². The van der Waals surface area contributed by atoms with Crippen molar-refractivity contribution in [3.63, 3.8) is 0 Å². The SMILES string of the molecule is CC1CCC(C2(N)CCC(C)C(C)C2)CC1. The summed E-state index contributed by atoms with van der Waals surface area (Å²) in [6.45, 7) is 7.19. The lowest BCUT2D eigenvalue weighted by Gasteiger charge is -2.47. The van der Waals surface area contributed by atoms with Crippen LogP contribution in [0.25, 0.3) is 0 Å². The molecule has 0 radical (unpaired) electrons. The molecular weight excluding hydrogens is 194 g/mol. The maximum absolute atomic E-state index is 6.73. The summed E-state index contributed by atoms with van der Waals surface area (Å²) in [5, 5.41) is 0. The van der Waals surface area contributed by atoms with Crippen molar-refractivity contribution in [1.82, 2.24) is 0 Å². The van der Waals surface area contributed by atoms with Gasteiger partial charge in [-0.05, 0) is 55.8 Å². The molecule has 1 heteroatoms. The van der Waals surface area contributed by atoms with E-state index >= 15 is 0 Å². The molecule has 2 N–H and O–H groups in total. The maximum atomic E-state index is 6.73. The molecule has 94 valence electrons. The highest BCUT2D eigenvalue weighted by Crippen LogP contribution is 2.44. The first kappa shape index (κ1) is 12.4. The number of hydrogen-bond acceptors (Lipinski definition) is 1. The van der Waals surface area contributed by atoms with Gasteiger partial charge in [0, 0.05) is 5.54 Å². The Morgan fingerprint density at radius 3 is 2.06 bits per heavy atom.